The zero-order valence-corrected chi connectivity index (χ0v) is 13.5. The summed E-state index contributed by atoms with van der Waals surface area (Å²) in [7, 11) is 0. The van der Waals surface area contributed by atoms with Crippen molar-refractivity contribution in [3.63, 3.8) is 0 Å². The van der Waals surface area contributed by atoms with Gasteiger partial charge in [0.2, 0.25) is 0 Å². The van der Waals surface area contributed by atoms with Crippen LogP contribution in [0.3, 0.4) is 0 Å². The van der Waals surface area contributed by atoms with Crippen LogP contribution in [0.4, 0.5) is 5.69 Å². The third-order valence-electron chi connectivity index (χ3n) is 6.15. The van der Waals surface area contributed by atoms with Gasteiger partial charge in [-0.3, -0.25) is 4.90 Å². The number of nitrogens with zero attached hydrogens (tertiary/aromatic N) is 1. The van der Waals surface area contributed by atoms with Crippen molar-refractivity contribution in [1.82, 2.24) is 4.90 Å². The normalized spacial score (nSPS) is 39.7. The van der Waals surface area contributed by atoms with Gasteiger partial charge in [0.1, 0.15) is 6.10 Å². The fraction of sp³-hybridized carbons (Fsp3) is 0.400. The Morgan fingerprint density at radius 1 is 0.958 bits per heavy atom. The molecule has 3 heterocycles. The Labute approximate surface area is 141 Å². The van der Waals surface area contributed by atoms with Crippen molar-refractivity contribution in [3.8, 4) is 0 Å². The van der Waals surface area contributed by atoms with E-state index in [4.69, 9.17) is 0 Å². The molecule has 1 spiro atoms. The second-order valence-corrected chi connectivity index (χ2v) is 7.31. The smallest absolute Gasteiger partial charge is 0.100 e. The molecule has 2 aromatic carbocycles. The van der Waals surface area contributed by atoms with E-state index in [9.17, 15) is 10.2 Å². The predicted molar refractivity (Wildman–Crippen MR) is 92.9 cm³/mol. The number of hydrogen-bond donors (Lipinski definition) is 3. The Morgan fingerprint density at radius 3 is 2.54 bits per heavy atom. The van der Waals surface area contributed by atoms with E-state index < -0.39 is 12.2 Å². The topological polar surface area (TPSA) is 55.5 Å². The molecule has 0 saturated carbocycles. The molecule has 4 nitrogen and oxygen atoms in total. The molecule has 3 aliphatic heterocycles. The monoisotopic (exact) mass is 322 g/mol. The highest BCUT2D eigenvalue weighted by atomic mass is 16.3. The number of para-hydroxylation sites is 1. The third kappa shape index (κ3) is 1.85. The van der Waals surface area contributed by atoms with E-state index in [2.05, 4.69) is 34.5 Å². The van der Waals surface area contributed by atoms with Crippen molar-refractivity contribution < 1.29 is 10.2 Å². The molecule has 124 valence electrons. The number of hydrogen-bond acceptors (Lipinski definition) is 4. The number of benzene rings is 2. The lowest BCUT2D eigenvalue weighted by atomic mass is 9.73. The van der Waals surface area contributed by atoms with Gasteiger partial charge in [0.25, 0.3) is 0 Å². The summed E-state index contributed by atoms with van der Waals surface area (Å²) in [6, 6.07) is 18.2. The van der Waals surface area contributed by atoms with Gasteiger partial charge in [-0.25, -0.2) is 0 Å². The average Bonchev–Trinajstić information content (AvgIpc) is 3.35. The minimum atomic E-state index is -0.779. The molecule has 2 aromatic rings. The molecule has 3 N–H and O–H groups in total. The summed E-state index contributed by atoms with van der Waals surface area (Å²) in [6.07, 6.45) is -0.548. The lowest BCUT2D eigenvalue weighted by molar-refractivity contribution is -0.0742. The number of fused-ring (bicyclic) bond motifs is 2. The van der Waals surface area contributed by atoms with E-state index in [1.807, 2.05) is 30.3 Å². The lowest BCUT2D eigenvalue weighted by Gasteiger charge is -2.43. The molecule has 5 rings (SSSR count). The van der Waals surface area contributed by atoms with E-state index in [1.54, 1.807) is 0 Å². The number of aliphatic hydroxyl groups is 2. The molecule has 6 atom stereocenters. The molecule has 1 unspecified atom stereocenters. The summed E-state index contributed by atoms with van der Waals surface area (Å²) in [6.45, 7) is 1.83. The third-order valence-corrected chi connectivity index (χ3v) is 6.15. The molecule has 0 amide bonds. The summed E-state index contributed by atoms with van der Waals surface area (Å²) in [5, 5.41) is 25.5. The molecule has 0 radical (unpaired) electrons. The van der Waals surface area contributed by atoms with Crippen molar-refractivity contribution in [2.24, 2.45) is 0 Å². The van der Waals surface area contributed by atoms with E-state index in [-0.39, 0.29) is 17.5 Å². The molecule has 4 heteroatoms. The highest BCUT2D eigenvalue weighted by Crippen LogP contribution is 2.60. The number of rotatable bonds is 1. The molecule has 0 aromatic heterocycles. The summed E-state index contributed by atoms with van der Waals surface area (Å²) in [4.78, 5) is 2.40. The zero-order chi connectivity index (χ0) is 16.3. The van der Waals surface area contributed by atoms with Gasteiger partial charge >= 0.3 is 0 Å². The van der Waals surface area contributed by atoms with Crippen LogP contribution in [0.5, 0.6) is 0 Å². The minimum Gasteiger partial charge on any atom is -0.390 e. The van der Waals surface area contributed by atoms with Gasteiger partial charge < -0.3 is 15.5 Å². The van der Waals surface area contributed by atoms with Crippen LogP contribution in [0.25, 0.3) is 0 Å². The van der Waals surface area contributed by atoms with Crippen molar-refractivity contribution in [2.45, 2.75) is 36.1 Å². The molecule has 2 saturated heterocycles. The molecule has 0 aliphatic carbocycles. The van der Waals surface area contributed by atoms with Gasteiger partial charge in [-0.1, -0.05) is 48.5 Å². The summed E-state index contributed by atoms with van der Waals surface area (Å²) < 4.78 is 0. The molecular formula is C20H22N2O2. The Hall–Kier alpha value is -1.88. The first-order chi connectivity index (χ1) is 11.7. The van der Waals surface area contributed by atoms with Crippen LogP contribution in [-0.4, -0.2) is 45.9 Å². The second kappa shape index (κ2) is 5.06. The van der Waals surface area contributed by atoms with Crippen LogP contribution in [0.15, 0.2) is 54.6 Å². The standard InChI is InChI=1S/C20H22N2O2/c23-18-16-14-8-4-5-9-15(14)21-11-10-20(16)12-22(20)17(19(18)24)13-6-2-1-3-7-13/h1-9,16-19,21,23-24H,10-12H2/t16-,17+,18-,19+,20-,22?/m1/s1. The average molecular weight is 322 g/mol. The first-order valence-corrected chi connectivity index (χ1v) is 8.73. The highest BCUT2D eigenvalue weighted by molar-refractivity contribution is 5.57. The summed E-state index contributed by atoms with van der Waals surface area (Å²) >= 11 is 0. The van der Waals surface area contributed by atoms with E-state index in [0.29, 0.717) is 0 Å². The quantitative estimate of drug-likeness (QED) is 0.704. The predicted octanol–water partition coefficient (Wildman–Crippen LogP) is 2.12. The maximum atomic E-state index is 11.1. The van der Waals surface area contributed by atoms with E-state index in [1.165, 1.54) is 0 Å². The first kappa shape index (κ1) is 14.5. The van der Waals surface area contributed by atoms with Crippen LogP contribution in [-0.2, 0) is 0 Å². The Balaban J connectivity index is 1.61. The van der Waals surface area contributed by atoms with Crippen LogP contribution >= 0.6 is 0 Å². The van der Waals surface area contributed by atoms with E-state index >= 15 is 0 Å². The molecule has 0 bridgehead atoms. The van der Waals surface area contributed by atoms with Crippen molar-refractivity contribution in [3.05, 3.63) is 65.7 Å². The van der Waals surface area contributed by atoms with Crippen molar-refractivity contribution in [1.29, 1.82) is 0 Å². The van der Waals surface area contributed by atoms with Crippen LogP contribution in [0.1, 0.15) is 29.5 Å². The van der Waals surface area contributed by atoms with Gasteiger partial charge in [-0.15, -0.1) is 0 Å². The number of aliphatic hydroxyl groups excluding tert-OH is 2. The second-order valence-electron chi connectivity index (χ2n) is 7.31. The summed E-state index contributed by atoms with van der Waals surface area (Å²) in [5.74, 6) is -0.0429. The Kier molecular flexibility index (Phi) is 3.05. The maximum absolute atomic E-state index is 11.1. The number of nitrogens with one attached hydrogen (secondary N) is 1. The van der Waals surface area contributed by atoms with Gasteiger partial charge in [-0.05, 0) is 23.6 Å². The molecule has 2 fully saturated rings. The fourth-order valence-corrected chi connectivity index (χ4v) is 5.02. The van der Waals surface area contributed by atoms with Gasteiger partial charge in [0, 0.05) is 30.2 Å². The largest absolute Gasteiger partial charge is 0.390 e. The Morgan fingerprint density at radius 2 is 1.71 bits per heavy atom. The van der Waals surface area contributed by atoms with Gasteiger partial charge in [-0.2, -0.15) is 0 Å². The van der Waals surface area contributed by atoms with Gasteiger partial charge in [0.05, 0.1) is 12.1 Å². The fourth-order valence-electron chi connectivity index (χ4n) is 5.02. The number of anilines is 1. The van der Waals surface area contributed by atoms with Gasteiger partial charge in [0.15, 0.2) is 0 Å². The SMILES string of the molecule is O[C@@H]1[C@H](O)[C@H]2c3ccccc3NCC[C@@]23CN3[C@H]1c1ccccc1. The minimum absolute atomic E-state index is 0.0429. The van der Waals surface area contributed by atoms with Crippen LogP contribution in [0, 0.1) is 0 Å². The van der Waals surface area contributed by atoms with Crippen LogP contribution in [0.2, 0.25) is 0 Å². The molecule has 3 aliphatic rings. The maximum Gasteiger partial charge on any atom is 0.100 e. The highest BCUT2D eigenvalue weighted by Gasteiger charge is 2.68. The van der Waals surface area contributed by atoms with Crippen LogP contribution < -0.4 is 5.32 Å². The Bertz CT molecular complexity index is 765. The summed E-state index contributed by atoms with van der Waals surface area (Å²) in [5.41, 5.74) is 3.27. The van der Waals surface area contributed by atoms with Crippen molar-refractivity contribution in [2.75, 3.05) is 18.4 Å². The molecular weight excluding hydrogens is 300 g/mol. The van der Waals surface area contributed by atoms with E-state index in [0.717, 1.165) is 36.3 Å². The van der Waals surface area contributed by atoms with Crippen molar-refractivity contribution >= 4 is 5.69 Å². The lowest BCUT2D eigenvalue weighted by Crippen LogP contribution is -2.51. The zero-order valence-electron chi connectivity index (χ0n) is 13.5. The molecule has 24 heavy (non-hydrogen) atoms. The first-order valence-electron chi connectivity index (χ1n) is 8.73. The number of piperidine rings is 1.